The SMILES string of the molecule is COc1ccc(COC[C@@H](CO)O[Si](c2ccccc2)(c2ccccc2)C(C)(C)C)cc1. The van der Waals surface area contributed by atoms with Crippen LogP contribution in [0.4, 0.5) is 0 Å². The van der Waals surface area contributed by atoms with Crippen LogP contribution in [0.25, 0.3) is 0 Å². The first-order valence-corrected chi connectivity index (χ1v) is 12.9. The Morgan fingerprint density at radius 2 is 1.34 bits per heavy atom. The summed E-state index contributed by atoms with van der Waals surface area (Å²) in [4.78, 5) is 0. The summed E-state index contributed by atoms with van der Waals surface area (Å²) in [5.41, 5.74) is 1.05. The topological polar surface area (TPSA) is 47.9 Å². The van der Waals surface area contributed by atoms with Crippen molar-refractivity contribution in [3.05, 3.63) is 90.5 Å². The van der Waals surface area contributed by atoms with Gasteiger partial charge in [-0.1, -0.05) is 93.6 Å². The molecule has 0 aromatic heterocycles. The molecule has 0 unspecified atom stereocenters. The number of methoxy groups -OCH3 is 1. The zero-order valence-electron chi connectivity index (χ0n) is 19.5. The molecular formula is C27H34O4Si. The van der Waals surface area contributed by atoms with E-state index in [0.29, 0.717) is 13.2 Å². The predicted molar refractivity (Wildman–Crippen MR) is 132 cm³/mol. The van der Waals surface area contributed by atoms with Crippen LogP contribution in [-0.2, 0) is 15.8 Å². The lowest BCUT2D eigenvalue weighted by atomic mass is 10.2. The minimum atomic E-state index is -2.73. The van der Waals surface area contributed by atoms with E-state index in [9.17, 15) is 5.11 Å². The van der Waals surface area contributed by atoms with Gasteiger partial charge in [0, 0.05) is 0 Å². The van der Waals surface area contributed by atoms with Gasteiger partial charge in [0.25, 0.3) is 8.32 Å². The Bertz CT molecular complexity index is 897. The zero-order chi connectivity index (χ0) is 23.0. The van der Waals surface area contributed by atoms with Crippen LogP contribution < -0.4 is 15.1 Å². The van der Waals surface area contributed by atoms with Crippen molar-refractivity contribution in [2.24, 2.45) is 0 Å². The van der Waals surface area contributed by atoms with Crippen LogP contribution in [0, 0.1) is 0 Å². The highest BCUT2D eigenvalue weighted by molar-refractivity contribution is 6.99. The molecule has 4 nitrogen and oxygen atoms in total. The molecule has 170 valence electrons. The predicted octanol–water partition coefficient (Wildman–Crippen LogP) is 4.15. The van der Waals surface area contributed by atoms with Crippen molar-refractivity contribution < 1.29 is 19.0 Å². The van der Waals surface area contributed by atoms with Crippen LogP contribution in [0.15, 0.2) is 84.9 Å². The van der Waals surface area contributed by atoms with Gasteiger partial charge in [0.15, 0.2) is 0 Å². The number of benzene rings is 3. The highest BCUT2D eigenvalue weighted by Gasteiger charge is 2.51. The van der Waals surface area contributed by atoms with Crippen molar-refractivity contribution in [3.8, 4) is 5.75 Å². The molecule has 32 heavy (non-hydrogen) atoms. The maximum atomic E-state index is 10.2. The van der Waals surface area contributed by atoms with Crippen molar-refractivity contribution in [2.75, 3.05) is 20.3 Å². The van der Waals surface area contributed by atoms with E-state index in [0.717, 1.165) is 11.3 Å². The van der Waals surface area contributed by atoms with E-state index in [4.69, 9.17) is 13.9 Å². The van der Waals surface area contributed by atoms with Crippen LogP contribution in [-0.4, -0.2) is 39.9 Å². The molecule has 0 bridgehead atoms. The number of ether oxygens (including phenoxy) is 2. The highest BCUT2D eigenvalue weighted by Crippen LogP contribution is 2.37. The third kappa shape index (κ3) is 5.48. The second kappa shape index (κ2) is 10.9. The first kappa shape index (κ1) is 24.2. The van der Waals surface area contributed by atoms with Gasteiger partial charge in [0.2, 0.25) is 0 Å². The molecule has 0 spiro atoms. The van der Waals surface area contributed by atoms with Crippen LogP contribution in [0.5, 0.6) is 5.75 Å². The molecule has 3 aromatic rings. The van der Waals surface area contributed by atoms with E-state index in [1.54, 1.807) is 7.11 Å². The van der Waals surface area contributed by atoms with Gasteiger partial charge in [-0.2, -0.15) is 0 Å². The Hall–Kier alpha value is -2.44. The van der Waals surface area contributed by atoms with Gasteiger partial charge < -0.3 is 19.0 Å². The monoisotopic (exact) mass is 450 g/mol. The second-order valence-corrected chi connectivity index (χ2v) is 13.2. The van der Waals surface area contributed by atoms with Gasteiger partial charge in [-0.05, 0) is 33.1 Å². The zero-order valence-corrected chi connectivity index (χ0v) is 20.5. The second-order valence-electron chi connectivity index (χ2n) is 8.95. The third-order valence-electron chi connectivity index (χ3n) is 5.70. The minimum Gasteiger partial charge on any atom is -0.497 e. The standard InChI is InChI=1S/C27H34O4Si/c1-27(2,3)32(25-11-7-5-8-12-25,26-13-9-6-10-14-26)31-24(19-28)21-30-20-22-15-17-23(29-4)18-16-22/h5-18,24,28H,19-21H2,1-4H3/t24-/m1/s1. The molecule has 0 saturated heterocycles. The van der Waals surface area contributed by atoms with Gasteiger partial charge >= 0.3 is 0 Å². The van der Waals surface area contributed by atoms with E-state index in [2.05, 4.69) is 69.3 Å². The Kier molecular flexibility index (Phi) is 8.26. The number of aliphatic hydroxyl groups is 1. The molecule has 1 atom stereocenters. The van der Waals surface area contributed by atoms with E-state index in [1.165, 1.54) is 10.4 Å². The lowest BCUT2D eigenvalue weighted by molar-refractivity contribution is 0.00844. The summed E-state index contributed by atoms with van der Waals surface area (Å²) in [5, 5.41) is 12.4. The molecule has 3 rings (SSSR count). The summed E-state index contributed by atoms with van der Waals surface area (Å²) in [6.45, 7) is 7.34. The van der Waals surface area contributed by atoms with Gasteiger partial charge in [0.1, 0.15) is 5.75 Å². The summed E-state index contributed by atoms with van der Waals surface area (Å²) in [7, 11) is -1.08. The number of hydrogen-bond acceptors (Lipinski definition) is 4. The first-order chi connectivity index (χ1) is 15.4. The highest BCUT2D eigenvalue weighted by atomic mass is 28.4. The Balaban J connectivity index is 1.85. The fourth-order valence-corrected chi connectivity index (χ4v) is 8.75. The van der Waals surface area contributed by atoms with Crippen molar-refractivity contribution in [1.29, 1.82) is 0 Å². The summed E-state index contributed by atoms with van der Waals surface area (Å²) >= 11 is 0. The van der Waals surface area contributed by atoms with E-state index in [-0.39, 0.29) is 11.6 Å². The molecule has 0 saturated carbocycles. The van der Waals surface area contributed by atoms with Crippen LogP contribution in [0.2, 0.25) is 5.04 Å². The Labute approximate surface area is 192 Å². The molecule has 3 aromatic carbocycles. The lowest BCUT2D eigenvalue weighted by Gasteiger charge is -2.44. The maximum Gasteiger partial charge on any atom is 0.261 e. The van der Waals surface area contributed by atoms with Gasteiger partial charge in [-0.3, -0.25) is 0 Å². The molecule has 1 N–H and O–H groups in total. The molecular weight excluding hydrogens is 416 g/mol. The number of rotatable bonds is 10. The fourth-order valence-electron chi connectivity index (χ4n) is 4.10. The molecule has 0 radical (unpaired) electrons. The van der Waals surface area contributed by atoms with Crippen LogP contribution in [0.1, 0.15) is 26.3 Å². The Morgan fingerprint density at radius 1 is 0.812 bits per heavy atom. The smallest absolute Gasteiger partial charge is 0.261 e. The van der Waals surface area contributed by atoms with Gasteiger partial charge in [-0.15, -0.1) is 0 Å². The molecule has 0 aliphatic rings. The third-order valence-corrected chi connectivity index (χ3v) is 10.8. The number of aliphatic hydroxyl groups excluding tert-OH is 1. The minimum absolute atomic E-state index is 0.104. The van der Waals surface area contributed by atoms with Gasteiger partial charge in [-0.25, -0.2) is 0 Å². The molecule has 0 aliphatic heterocycles. The molecule has 5 heteroatoms. The largest absolute Gasteiger partial charge is 0.497 e. The van der Waals surface area contributed by atoms with Gasteiger partial charge in [0.05, 0.1) is 33.0 Å². The van der Waals surface area contributed by atoms with Crippen molar-refractivity contribution >= 4 is 18.7 Å². The first-order valence-electron chi connectivity index (χ1n) is 11.0. The fraction of sp³-hybridized carbons (Fsp3) is 0.333. The van der Waals surface area contributed by atoms with E-state index in [1.807, 2.05) is 36.4 Å². The molecule has 0 heterocycles. The summed E-state index contributed by atoms with van der Waals surface area (Å²) in [6.07, 6.45) is -0.431. The lowest BCUT2D eigenvalue weighted by Crippen LogP contribution is -2.68. The summed E-state index contributed by atoms with van der Waals surface area (Å²) in [6, 6.07) is 28.7. The Morgan fingerprint density at radius 3 is 1.78 bits per heavy atom. The average Bonchev–Trinajstić information content (AvgIpc) is 2.82. The quantitative estimate of drug-likeness (QED) is 0.472. The van der Waals surface area contributed by atoms with Crippen molar-refractivity contribution in [1.82, 2.24) is 0 Å². The van der Waals surface area contributed by atoms with Crippen molar-refractivity contribution in [2.45, 2.75) is 38.5 Å². The van der Waals surface area contributed by atoms with Crippen LogP contribution >= 0.6 is 0 Å². The molecule has 0 aliphatic carbocycles. The average molecular weight is 451 g/mol. The normalized spacial score (nSPS) is 13.0. The van der Waals surface area contributed by atoms with Crippen LogP contribution in [0.3, 0.4) is 0 Å². The summed E-state index contributed by atoms with van der Waals surface area (Å²) < 4.78 is 18.1. The molecule has 0 fully saturated rings. The van der Waals surface area contributed by atoms with E-state index < -0.39 is 14.4 Å². The van der Waals surface area contributed by atoms with E-state index >= 15 is 0 Å². The van der Waals surface area contributed by atoms with Crippen molar-refractivity contribution in [3.63, 3.8) is 0 Å². The summed E-state index contributed by atoms with van der Waals surface area (Å²) in [5.74, 6) is 0.817. The molecule has 0 amide bonds. The maximum absolute atomic E-state index is 10.2. The number of hydrogen-bond donors (Lipinski definition) is 1.